The smallest absolute Gasteiger partial charge is 0.315 e. The van der Waals surface area contributed by atoms with Gasteiger partial charge in [-0.2, -0.15) is 0 Å². The fraction of sp³-hybridized carbons (Fsp3) is 0.267. The van der Waals surface area contributed by atoms with Gasteiger partial charge in [0.2, 0.25) is 0 Å². The Morgan fingerprint density at radius 3 is 2.44 bits per heavy atom. The number of rotatable bonds is 9. The number of aromatic nitrogens is 1. The zero-order valence-electron chi connectivity index (χ0n) is 21.7. The van der Waals surface area contributed by atoms with Gasteiger partial charge >= 0.3 is 6.03 Å². The molecule has 1 saturated heterocycles. The lowest BCUT2D eigenvalue weighted by Crippen LogP contribution is -2.36. The molecule has 39 heavy (non-hydrogen) atoms. The van der Waals surface area contributed by atoms with Gasteiger partial charge in [0, 0.05) is 43.8 Å². The molecule has 2 N–H and O–H groups in total. The number of anilines is 1. The molecule has 7 nitrogen and oxygen atoms in total. The lowest BCUT2D eigenvalue weighted by molar-refractivity contribution is 0.122. The molecule has 4 aromatic rings. The van der Waals surface area contributed by atoms with E-state index < -0.39 is 0 Å². The van der Waals surface area contributed by atoms with Gasteiger partial charge in [-0.25, -0.2) is 14.2 Å². The Hall–Kier alpha value is -3.95. The number of halogens is 1. The summed E-state index contributed by atoms with van der Waals surface area (Å²) in [7, 11) is 0. The molecule has 1 aliphatic rings. The highest BCUT2D eigenvalue weighted by Crippen LogP contribution is 2.25. The van der Waals surface area contributed by atoms with Crippen molar-refractivity contribution < 1.29 is 13.9 Å². The second-order valence-corrected chi connectivity index (χ2v) is 10.1. The number of hydrogen-bond donors (Lipinski definition) is 2. The van der Waals surface area contributed by atoms with E-state index in [1.54, 1.807) is 23.5 Å². The fourth-order valence-corrected chi connectivity index (χ4v) is 5.39. The number of carbonyl (C=O) groups excluding carboxylic acids is 1. The Morgan fingerprint density at radius 1 is 0.949 bits per heavy atom. The number of thiazole rings is 1. The van der Waals surface area contributed by atoms with Gasteiger partial charge in [-0.1, -0.05) is 42.5 Å². The van der Waals surface area contributed by atoms with Gasteiger partial charge in [0.15, 0.2) is 4.80 Å². The molecule has 9 heteroatoms. The van der Waals surface area contributed by atoms with Crippen molar-refractivity contribution in [1.29, 1.82) is 0 Å². The number of nitrogens with one attached hydrogen (secondary N) is 2. The Labute approximate surface area is 231 Å². The first-order chi connectivity index (χ1) is 19.2. The Bertz CT molecular complexity index is 1410. The molecule has 0 bridgehead atoms. The van der Waals surface area contributed by atoms with Crippen molar-refractivity contribution in [2.24, 2.45) is 4.99 Å². The summed E-state index contributed by atoms with van der Waals surface area (Å²) in [4.78, 5) is 20.2. The summed E-state index contributed by atoms with van der Waals surface area (Å²) in [6.07, 6.45) is 0.727. The molecular formula is C30H32FN5O2S. The maximum atomic E-state index is 13.4. The standard InChI is InChI=1S/C30H32FN5O2S/c31-25-9-11-26(12-10-25)34-30-36(16-4-15-32-29(37)33-21-23-5-2-1-3-6-23)28(22-39-30)24-7-13-27(14-8-24)35-17-19-38-20-18-35/h1-3,5-14,22H,4,15-21H2,(H2,32,33,37). The predicted molar refractivity (Wildman–Crippen MR) is 154 cm³/mol. The number of hydrogen-bond acceptors (Lipinski definition) is 5. The number of ether oxygens (including phenoxy) is 1. The first-order valence-electron chi connectivity index (χ1n) is 13.1. The summed E-state index contributed by atoms with van der Waals surface area (Å²) in [5.41, 5.74) is 5.09. The van der Waals surface area contributed by atoms with Crippen molar-refractivity contribution in [1.82, 2.24) is 15.2 Å². The second kappa shape index (κ2) is 13.2. The molecule has 202 valence electrons. The monoisotopic (exact) mass is 545 g/mol. The van der Waals surface area contributed by atoms with Gasteiger partial charge in [0.25, 0.3) is 0 Å². The van der Waals surface area contributed by atoms with E-state index in [-0.39, 0.29) is 11.8 Å². The number of carbonyl (C=O) groups is 1. The van der Waals surface area contributed by atoms with Gasteiger partial charge in [-0.3, -0.25) is 0 Å². The molecule has 0 unspecified atom stereocenters. The SMILES string of the molecule is O=C(NCCCn1c(-c2ccc(N3CCOCC3)cc2)csc1=Nc1ccc(F)cc1)NCc1ccccc1. The zero-order valence-corrected chi connectivity index (χ0v) is 22.5. The first kappa shape index (κ1) is 26.6. The van der Waals surface area contributed by atoms with Gasteiger partial charge in [0.1, 0.15) is 5.82 Å². The largest absolute Gasteiger partial charge is 0.378 e. The number of amides is 2. The molecule has 3 aromatic carbocycles. The van der Waals surface area contributed by atoms with Crippen LogP contribution in [0.4, 0.5) is 20.6 Å². The number of urea groups is 1. The third-order valence-corrected chi connectivity index (χ3v) is 7.39. The lowest BCUT2D eigenvalue weighted by atomic mass is 10.1. The van der Waals surface area contributed by atoms with Crippen LogP contribution in [0.25, 0.3) is 11.3 Å². The van der Waals surface area contributed by atoms with E-state index in [0.29, 0.717) is 25.3 Å². The molecule has 1 aliphatic heterocycles. The van der Waals surface area contributed by atoms with Crippen LogP contribution < -0.4 is 20.3 Å². The van der Waals surface area contributed by atoms with Gasteiger partial charge < -0.3 is 24.8 Å². The average molecular weight is 546 g/mol. The lowest BCUT2D eigenvalue weighted by Gasteiger charge is -2.28. The molecule has 2 heterocycles. The van der Waals surface area contributed by atoms with Gasteiger partial charge in [0.05, 0.1) is 24.6 Å². The molecule has 1 aromatic heterocycles. The normalized spacial score (nSPS) is 13.9. The Kier molecular flexibility index (Phi) is 9.03. The quantitative estimate of drug-likeness (QED) is 0.280. The number of benzene rings is 3. The van der Waals surface area contributed by atoms with Gasteiger partial charge in [-0.15, -0.1) is 11.3 Å². The summed E-state index contributed by atoms with van der Waals surface area (Å²) >= 11 is 1.55. The van der Waals surface area contributed by atoms with Crippen LogP contribution in [0.1, 0.15) is 12.0 Å². The average Bonchev–Trinajstić information content (AvgIpc) is 3.38. The summed E-state index contributed by atoms with van der Waals surface area (Å²) < 4.78 is 21.1. The van der Waals surface area contributed by atoms with Crippen molar-refractivity contribution in [2.75, 3.05) is 37.7 Å². The van der Waals surface area contributed by atoms with Crippen LogP contribution in [-0.2, 0) is 17.8 Å². The van der Waals surface area contributed by atoms with Crippen LogP contribution >= 0.6 is 11.3 Å². The molecular weight excluding hydrogens is 513 g/mol. The minimum atomic E-state index is -0.286. The molecule has 0 aliphatic carbocycles. The molecule has 2 amide bonds. The van der Waals surface area contributed by atoms with Crippen molar-refractivity contribution in [3.8, 4) is 11.3 Å². The van der Waals surface area contributed by atoms with Crippen LogP contribution in [0.5, 0.6) is 0 Å². The highest BCUT2D eigenvalue weighted by molar-refractivity contribution is 7.07. The number of morpholine rings is 1. The third-order valence-electron chi connectivity index (χ3n) is 6.53. The van der Waals surface area contributed by atoms with E-state index in [1.165, 1.54) is 17.8 Å². The van der Waals surface area contributed by atoms with Crippen LogP contribution in [0.3, 0.4) is 0 Å². The van der Waals surface area contributed by atoms with E-state index in [4.69, 9.17) is 9.73 Å². The summed E-state index contributed by atoms with van der Waals surface area (Å²) in [6, 6.07) is 24.4. The van der Waals surface area contributed by atoms with Crippen LogP contribution in [-0.4, -0.2) is 43.4 Å². The highest BCUT2D eigenvalue weighted by Gasteiger charge is 2.13. The van der Waals surface area contributed by atoms with Crippen molar-refractivity contribution in [3.63, 3.8) is 0 Å². The second-order valence-electron chi connectivity index (χ2n) is 9.24. The van der Waals surface area contributed by atoms with E-state index in [1.807, 2.05) is 30.3 Å². The maximum absolute atomic E-state index is 13.4. The van der Waals surface area contributed by atoms with E-state index in [9.17, 15) is 9.18 Å². The fourth-order valence-electron chi connectivity index (χ4n) is 4.44. The van der Waals surface area contributed by atoms with Crippen LogP contribution in [0.2, 0.25) is 0 Å². The molecule has 0 atom stereocenters. The Morgan fingerprint density at radius 2 is 1.69 bits per heavy atom. The van der Waals surface area contributed by atoms with Gasteiger partial charge in [-0.05, 0) is 53.9 Å². The van der Waals surface area contributed by atoms with E-state index >= 15 is 0 Å². The molecule has 1 fully saturated rings. The molecule has 0 radical (unpaired) electrons. The van der Waals surface area contributed by atoms with Crippen LogP contribution in [0.15, 0.2) is 89.2 Å². The van der Waals surface area contributed by atoms with Crippen molar-refractivity contribution in [2.45, 2.75) is 19.5 Å². The van der Waals surface area contributed by atoms with Crippen molar-refractivity contribution in [3.05, 3.63) is 100 Å². The minimum absolute atomic E-state index is 0.190. The topological polar surface area (TPSA) is 70.9 Å². The highest BCUT2D eigenvalue weighted by atomic mass is 32.1. The third kappa shape index (κ3) is 7.34. The first-order valence-corrected chi connectivity index (χ1v) is 14.0. The molecule has 0 saturated carbocycles. The predicted octanol–water partition coefficient (Wildman–Crippen LogP) is 5.31. The summed E-state index contributed by atoms with van der Waals surface area (Å²) in [5.74, 6) is -0.286. The maximum Gasteiger partial charge on any atom is 0.315 e. The Balaban J connectivity index is 1.28. The zero-order chi connectivity index (χ0) is 26.9. The summed E-state index contributed by atoms with van der Waals surface area (Å²) in [5, 5.41) is 7.94. The van der Waals surface area contributed by atoms with E-state index in [2.05, 4.69) is 49.7 Å². The summed E-state index contributed by atoms with van der Waals surface area (Å²) in [6.45, 7) is 4.96. The van der Waals surface area contributed by atoms with Crippen molar-refractivity contribution >= 4 is 28.7 Å². The number of nitrogens with zero attached hydrogens (tertiary/aromatic N) is 3. The minimum Gasteiger partial charge on any atom is -0.378 e. The molecule has 5 rings (SSSR count). The van der Waals surface area contributed by atoms with Crippen LogP contribution in [0, 0.1) is 5.82 Å². The molecule has 0 spiro atoms. The van der Waals surface area contributed by atoms with E-state index in [0.717, 1.165) is 54.3 Å².